The Morgan fingerprint density at radius 3 is 2.79 bits per heavy atom. The van der Waals surface area contributed by atoms with Crippen molar-refractivity contribution in [2.45, 2.75) is 52.6 Å². The molecule has 5 rings (SSSR count). The van der Waals surface area contributed by atoms with Gasteiger partial charge >= 0.3 is 11.9 Å². The monoisotopic (exact) mass is 480 g/mol. The van der Waals surface area contributed by atoms with Crippen LogP contribution < -0.4 is 5.56 Å². The molecule has 3 heterocycles. The van der Waals surface area contributed by atoms with Crippen molar-refractivity contribution < 1.29 is 23.5 Å². The van der Waals surface area contributed by atoms with Crippen LogP contribution in [0.25, 0.3) is 21.2 Å². The molecule has 176 valence electrons. The van der Waals surface area contributed by atoms with Gasteiger partial charge in [0.2, 0.25) is 0 Å². The molecule has 1 N–H and O–H groups in total. The first kappa shape index (κ1) is 22.3. The third-order valence-electron chi connectivity index (χ3n) is 6.18. The third kappa shape index (κ3) is 3.90. The fourth-order valence-corrected chi connectivity index (χ4v) is 5.56. The summed E-state index contributed by atoms with van der Waals surface area (Å²) in [7, 11) is 0. The summed E-state index contributed by atoms with van der Waals surface area (Å²) in [5.74, 6) is -0.716. The minimum atomic E-state index is -0.777. The van der Waals surface area contributed by atoms with Crippen LogP contribution in [0.15, 0.2) is 27.6 Å². The number of thiophene rings is 1. The number of carbonyl (C=O) groups excluding carboxylic acids is 2. The van der Waals surface area contributed by atoms with Crippen LogP contribution in [0.4, 0.5) is 0 Å². The van der Waals surface area contributed by atoms with Crippen molar-refractivity contribution >= 4 is 44.5 Å². The highest BCUT2D eigenvalue weighted by molar-refractivity contribution is 7.20. The second kappa shape index (κ2) is 8.72. The molecule has 8 nitrogen and oxygen atoms in total. The third-order valence-corrected chi connectivity index (χ3v) is 7.34. The Hall–Kier alpha value is -3.46. The molecule has 1 atom stereocenters. The quantitative estimate of drug-likeness (QED) is 0.403. The summed E-state index contributed by atoms with van der Waals surface area (Å²) < 4.78 is 16.3. The highest BCUT2D eigenvalue weighted by atomic mass is 32.1. The summed E-state index contributed by atoms with van der Waals surface area (Å²) in [5.41, 5.74) is 4.30. The van der Waals surface area contributed by atoms with Crippen molar-refractivity contribution in [1.29, 1.82) is 0 Å². The number of aromatic nitrogens is 2. The van der Waals surface area contributed by atoms with Crippen molar-refractivity contribution in [3.8, 4) is 0 Å². The molecular weight excluding hydrogens is 456 g/mol. The molecule has 0 fully saturated rings. The lowest BCUT2D eigenvalue weighted by atomic mass is 10.0. The molecule has 1 aromatic carbocycles. The SMILES string of the molecule is CCOC(=O)c1sc2nc(C(C)OC(=O)Cc3coc4cc5c(cc34)CCC5)[nH]c(=O)c2c1C. The molecule has 0 radical (unpaired) electrons. The number of benzene rings is 1. The Balaban J connectivity index is 1.36. The van der Waals surface area contributed by atoms with Crippen molar-refractivity contribution in [3.05, 3.63) is 61.7 Å². The van der Waals surface area contributed by atoms with E-state index in [1.54, 1.807) is 27.0 Å². The molecule has 3 aromatic heterocycles. The zero-order valence-electron chi connectivity index (χ0n) is 19.1. The van der Waals surface area contributed by atoms with Crippen LogP contribution in [-0.4, -0.2) is 28.5 Å². The van der Waals surface area contributed by atoms with E-state index in [9.17, 15) is 14.4 Å². The van der Waals surface area contributed by atoms with Gasteiger partial charge < -0.3 is 18.9 Å². The van der Waals surface area contributed by atoms with Gasteiger partial charge in [0.05, 0.1) is 24.7 Å². The number of furan rings is 1. The topological polar surface area (TPSA) is 111 Å². The van der Waals surface area contributed by atoms with Crippen molar-refractivity contribution in [3.63, 3.8) is 0 Å². The van der Waals surface area contributed by atoms with Crippen molar-refractivity contribution in [1.82, 2.24) is 9.97 Å². The Morgan fingerprint density at radius 2 is 2.03 bits per heavy atom. The number of nitrogens with one attached hydrogen (secondary N) is 1. The van der Waals surface area contributed by atoms with E-state index in [0.29, 0.717) is 20.7 Å². The standard InChI is InChI=1S/C25H24N2O6S/c1-4-31-25(30)21-12(2)20-23(29)26-22(27-24(20)34-21)13(3)33-19(28)10-16-11-32-18-9-15-7-5-6-14(15)8-17(16)18/h8-9,11,13H,4-7,10H2,1-3H3,(H,26,27,29). The lowest BCUT2D eigenvalue weighted by Gasteiger charge is -2.12. The second-order valence-corrected chi connectivity index (χ2v) is 9.45. The van der Waals surface area contributed by atoms with Gasteiger partial charge in [-0.2, -0.15) is 0 Å². The van der Waals surface area contributed by atoms with Crippen molar-refractivity contribution in [2.24, 2.45) is 0 Å². The first-order valence-electron chi connectivity index (χ1n) is 11.3. The minimum Gasteiger partial charge on any atom is -0.464 e. The predicted molar refractivity (Wildman–Crippen MR) is 127 cm³/mol. The highest BCUT2D eigenvalue weighted by Crippen LogP contribution is 2.31. The maximum absolute atomic E-state index is 12.7. The Labute approximate surface area is 198 Å². The smallest absolute Gasteiger partial charge is 0.348 e. The molecular formula is C25H24N2O6S. The van der Waals surface area contributed by atoms with E-state index < -0.39 is 18.0 Å². The van der Waals surface area contributed by atoms with Crippen LogP contribution in [0.2, 0.25) is 0 Å². The second-order valence-electron chi connectivity index (χ2n) is 8.45. The zero-order valence-corrected chi connectivity index (χ0v) is 20.0. The molecule has 0 aliphatic heterocycles. The summed E-state index contributed by atoms with van der Waals surface area (Å²) in [4.78, 5) is 45.5. The van der Waals surface area contributed by atoms with Gasteiger partial charge in [-0.05, 0) is 68.9 Å². The Morgan fingerprint density at radius 1 is 1.26 bits per heavy atom. The van der Waals surface area contributed by atoms with E-state index in [0.717, 1.165) is 47.1 Å². The average molecular weight is 481 g/mol. The number of fused-ring (bicyclic) bond motifs is 3. The van der Waals surface area contributed by atoms with Crippen LogP contribution in [0, 0.1) is 6.92 Å². The number of aryl methyl sites for hydroxylation is 3. The first-order chi connectivity index (χ1) is 16.4. The zero-order chi connectivity index (χ0) is 24.0. The maximum atomic E-state index is 12.7. The predicted octanol–water partition coefficient (Wildman–Crippen LogP) is 4.55. The highest BCUT2D eigenvalue weighted by Gasteiger charge is 2.23. The summed E-state index contributed by atoms with van der Waals surface area (Å²) in [6, 6.07) is 4.17. The number of aromatic amines is 1. The number of ether oxygens (including phenoxy) is 2. The molecule has 1 aliphatic carbocycles. The van der Waals surface area contributed by atoms with E-state index >= 15 is 0 Å². The molecule has 0 bridgehead atoms. The van der Waals surface area contributed by atoms with Gasteiger partial charge in [0.25, 0.3) is 5.56 Å². The van der Waals surface area contributed by atoms with E-state index in [4.69, 9.17) is 13.9 Å². The van der Waals surface area contributed by atoms with Crippen LogP contribution in [0.5, 0.6) is 0 Å². The Bertz CT molecular complexity index is 1490. The number of rotatable bonds is 6. The number of hydrogen-bond donors (Lipinski definition) is 1. The van der Waals surface area contributed by atoms with Crippen LogP contribution in [-0.2, 0) is 33.5 Å². The normalized spacial score (nSPS) is 13.9. The first-order valence-corrected chi connectivity index (χ1v) is 12.1. The molecule has 0 saturated heterocycles. The van der Waals surface area contributed by atoms with Gasteiger partial charge in [-0.3, -0.25) is 9.59 Å². The van der Waals surface area contributed by atoms with Gasteiger partial charge in [0, 0.05) is 10.9 Å². The summed E-state index contributed by atoms with van der Waals surface area (Å²) in [5, 5.41) is 1.27. The van der Waals surface area contributed by atoms with Gasteiger partial charge in [0.15, 0.2) is 11.9 Å². The molecule has 1 aliphatic rings. The molecule has 0 spiro atoms. The fourth-order valence-electron chi connectivity index (χ4n) is 4.48. The molecule has 9 heteroatoms. The molecule has 0 amide bonds. The summed E-state index contributed by atoms with van der Waals surface area (Å²) in [6.07, 6.45) is 4.11. The van der Waals surface area contributed by atoms with Gasteiger partial charge in [-0.25, -0.2) is 9.78 Å². The minimum absolute atomic E-state index is 0.0493. The number of carbonyl (C=O) groups is 2. The molecule has 0 saturated carbocycles. The van der Waals surface area contributed by atoms with E-state index in [1.165, 1.54) is 11.1 Å². The van der Waals surface area contributed by atoms with Crippen LogP contribution in [0.1, 0.15) is 64.1 Å². The Kier molecular flexibility index (Phi) is 5.73. The van der Waals surface area contributed by atoms with E-state index in [1.807, 2.05) is 0 Å². The molecule has 34 heavy (non-hydrogen) atoms. The van der Waals surface area contributed by atoms with Crippen LogP contribution in [0.3, 0.4) is 0 Å². The van der Waals surface area contributed by atoms with Crippen molar-refractivity contribution in [2.75, 3.05) is 6.61 Å². The molecule has 4 aromatic rings. The van der Waals surface area contributed by atoms with Gasteiger partial charge in [-0.1, -0.05) is 0 Å². The molecule has 1 unspecified atom stereocenters. The lowest BCUT2D eigenvalue weighted by molar-refractivity contribution is -0.148. The maximum Gasteiger partial charge on any atom is 0.348 e. The average Bonchev–Trinajstić information content (AvgIpc) is 3.50. The number of nitrogens with zero attached hydrogens (tertiary/aromatic N) is 1. The largest absolute Gasteiger partial charge is 0.464 e. The van der Waals surface area contributed by atoms with Gasteiger partial charge in [-0.15, -0.1) is 11.3 Å². The number of esters is 2. The van der Waals surface area contributed by atoms with Crippen LogP contribution >= 0.6 is 11.3 Å². The number of hydrogen-bond acceptors (Lipinski definition) is 8. The van der Waals surface area contributed by atoms with Gasteiger partial charge in [0.1, 0.15) is 15.3 Å². The lowest BCUT2D eigenvalue weighted by Crippen LogP contribution is -2.18. The number of H-pyrrole nitrogens is 1. The summed E-state index contributed by atoms with van der Waals surface area (Å²) in [6.45, 7) is 5.30. The summed E-state index contributed by atoms with van der Waals surface area (Å²) >= 11 is 1.09. The van der Waals surface area contributed by atoms with E-state index in [-0.39, 0.29) is 24.4 Å². The van der Waals surface area contributed by atoms with E-state index in [2.05, 4.69) is 22.1 Å². The fraction of sp³-hybridized carbons (Fsp3) is 0.360.